The lowest BCUT2D eigenvalue weighted by molar-refractivity contribution is 0.475. The van der Waals surface area contributed by atoms with Gasteiger partial charge in [-0.1, -0.05) is 0 Å². The molecule has 2 heterocycles. The molecule has 1 aromatic heterocycles. The highest BCUT2D eigenvalue weighted by molar-refractivity contribution is 6.11. The number of hydrogen-bond donors (Lipinski definition) is 2. The number of nitrogens with zero attached hydrogens (tertiary/aromatic N) is 4. The third-order valence-corrected chi connectivity index (χ3v) is 4.02. The number of phenols is 1. The molecule has 1 saturated heterocycles. The highest BCUT2D eigenvalue weighted by Crippen LogP contribution is 2.20. The second-order valence-corrected chi connectivity index (χ2v) is 5.73. The predicted molar refractivity (Wildman–Crippen MR) is 90.8 cm³/mol. The predicted octanol–water partition coefficient (Wildman–Crippen LogP) is 2.19. The minimum absolute atomic E-state index is 0.206. The van der Waals surface area contributed by atoms with Crippen molar-refractivity contribution in [3.8, 4) is 5.75 Å². The van der Waals surface area contributed by atoms with Crippen molar-refractivity contribution < 1.29 is 5.11 Å². The number of aryl methyl sites for hydroxylation is 1. The average molecular weight is 311 g/mol. The van der Waals surface area contributed by atoms with E-state index < -0.39 is 0 Å². The first-order valence-electron chi connectivity index (χ1n) is 7.85. The number of rotatable bonds is 3. The van der Waals surface area contributed by atoms with E-state index in [2.05, 4.69) is 20.0 Å². The Morgan fingerprint density at radius 1 is 1.13 bits per heavy atom. The molecule has 0 bridgehead atoms. The minimum atomic E-state index is 0.206. The molecule has 1 aliphatic heterocycles. The first kappa shape index (κ1) is 15.3. The first-order valence-corrected chi connectivity index (χ1v) is 7.85. The second kappa shape index (κ2) is 6.64. The number of phenolic OH excluding ortho intramolecular Hbond substituents is 1. The van der Waals surface area contributed by atoms with Crippen LogP contribution in [0.15, 0.2) is 35.4 Å². The van der Waals surface area contributed by atoms with Gasteiger partial charge in [-0.3, -0.25) is 0 Å². The van der Waals surface area contributed by atoms with Gasteiger partial charge in [-0.2, -0.15) is 5.10 Å². The Hall–Kier alpha value is -2.63. The van der Waals surface area contributed by atoms with Gasteiger partial charge >= 0.3 is 0 Å². The molecule has 1 aliphatic rings. The number of anilines is 1. The van der Waals surface area contributed by atoms with Gasteiger partial charge in [0.1, 0.15) is 23.1 Å². The molecule has 23 heavy (non-hydrogen) atoms. The summed E-state index contributed by atoms with van der Waals surface area (Å²) >= 11 is 0. The molecule has 0 spiro atoms. The molecular formula is C17H21N5O. The fourth-order valence-electron chi connectivity index (χ4n) is 2.87. The van der Waals surface area contributed by atoms with Crippen molar-refractivity contribution in [2.75, 3.05) is 18.0 Å². The van der Waals surface area contributed by atoms with Crippen molar-refractivity contribution in [3.63, 3.8) is 0 Å². The SMILES string of the molecule is Cc1nc(/C(=N/N)c2ccc(O)cc2)cc(N2CCCCC2)n1. The van der Waals surface area contributed by atoms with Crippen LogP contribution in [0.5, 0.6) is 5.75 Å². The Morgan fingerprint density at radius 2 is 1.83 bits per heavy atom. The number of benzene rings is 1. The van der Waals surface area contributed by atoms with Crippen LogP contribution in [0, 0.1) is 6.92 Å². The molecule has 0 radical (unpaired) electrons. The highest BCUT2D eigenvalue weighted by Gasteiger charge is 2.16. The van der Waals surface area contributed by atoms with Crippen molar-refractivity contribution in [3.05, 3.63) is 47.4 Å². The lowest BCUT2D eigenvalue weighted by atomic mass is 10.1. The quantitative estimate of drug-likeness (QED) is 0.515. The van der Waals surface area contributed by atoms with E-state index >= 15 is 0 Å². The summed E-state index contributed by atoms with van der Waals surface area (Å²) in [5.74, 6) is 7.43. The van der Waals surface area contributed by atoms with Crippen molar-refractivity contribution in [2.24, 2.45) is 10.9 Å². The van der Waals surface area contributed by atoms with E-state index in [4.69, 9.17) is 5.84 Å². The summed E-state index contributed by atoms with van der Waals surface area (Å²) in [5, 5.41) is 13.3. The smallest absolute Gasteiger partial charge is 0.132 e. The lowest BCUT2D eigenvalue weighted by Gasteiger charge is -2.28. The zero-order chi connectivity index (χ0) is 16.2. The molecule has 6 heteroatoms. The summed E-state index contributed by atoms with van der Waals surface area (Å²) in [4.78, 5) is 11.3. The third kappa shape index (κ3) is 3.41. The summed E-state index contributed by atoms with van der Waals surface area (Å²) < 4.78 is 0. The largest absolute Gasteiger partial charge is 0.508 e. The van der Waals surface area contributed by atoms with Crippen molar-refractivity contribution in [1.29, 1.82) is 0 Å². The molecule has 0 amide bonds. The van der Waals surface area contributed by atoms with Gasteiger partial charge in [0.05, 0.1) is 5.69 Å². The van der Waals surface area contributed by atoms with Gasteiger partial charge in [-0.25, -0.2) is 9.97 Å². The van der Waals surface area contributed by atoms with Crippen LogP contribution in [-0.2, 0) is 0 Å². The van der Waals surface area contributed by atoms with Crippen LogP contribution < -0.4 is 10.7 Å². The van der Waals surface area contributed by atoms with Crippen molar-refractivity contribution >= 4 is 11.5 Å². The molecule has 0 saturated carbocycles. The van der Waals surface area contributed by atoms with Crippen LogP contribution in [0.3, 0.4) is 0 Å². The van der Waals surface area contributed by atoms with Crippen LogP contribution in [0.1, 0.15) is 36.3 Å². The Kier molecular flexibility index (Phi) is 4.41. The second-order valence-electron chi connectivity index (χ2n) is 5.73. The maximum Gasteiger partial charge on any atom is 0.132 e. The van der Waals surface area contributed by atoms with E-state index in [9.17, 15) is 5.11 Å². The van der Waals surface area contributed by atoms with E-state index in [-0.39, 0.29) is 5.75 Å². The molecule has 2 aromatic rings. The molecule has 1 aromatic carbocycles. The van der Waals surface area contributed by atoms with E-state index in [0.717, 1.165) is 24.5 Å². The normalized spacial score (nSPS) is 15.7. The fraction of sp³-hybridized carbons (Fsp3) is 0.353. The standard InChI is InChI=1S/C17H21N5O/c1-12-19-15(11-16(20-12)22-9-3-2-4-10-22)17(21-18)13-5-7-14(23)8-6-13/h5-8,11,23H,2-4,9-10,18H2,1H3/b21-17+. The Labute approximate surface area is 135 Å². The van der Waals surface area contributed by atoms with Gasteiger partial charge in [0.2, 0.25) is 0 Å². The molecule has 3 rings (SSSR count). The Morgan fingerprint density at radius 3 is 2.48 bits per heavy atom. The van der Waals surface area contributed by atoms with Gasteiger partial charge in [-0.15, -0.1) is 0 Å². The average Bonchev–Trinajstić information content (AvgIpc) is 2.58. The first-order chi connectivity index (χ1) is 11.2. The van der Waals surface area contributed by atoms with Crippen LogP contribution in [-0.4, -0.2) is 33.9 Å². The lowest BCUT2D eigenvalue weighted by Crippen LogP contribution is -2.30. The molecule has 3 N–H and O–H groups in total. The van der Waals surface area contributed by atoms with Crippen molar-refractivity contribution in [2.45, 2.75) is 26.2 Å². The van der Waals surface area contributed by atoms with E-state index in [1.807, 2.05) is 13.0 Å². The van der Waals surface area contributed by atoms with Crippen LogP contribution in [0.2, 0.25) is 0 Å². The van der Waals surface area contributed by atoms with Gasteiger partial charge in [-0.05, 0) is 50.5 Å². The number of aromatic hydroxyl groups is 1. The van der Waals surface area contributed by atoms with Crippen molar-refractivity contribution in [1.82, 2.24) is 9.97 Å². The summed E-state index contributed by atoms with van der Waals surface area (Å²) in [7, 11) is 0. The minimum Gasteiger partial charge on any atom is -0.508 e. The van der Waals surface area contributed by atoms with Crippen LogP contribution in [0.4, 0.5) is 5.82 Å². The Bertz CT molecular complexity index is 705. The van der Waals surface area contributed by atoms with E-state index in [0.29, 0.717) is 17.2 Å². The van der Waals surface area contributed by atoms with Gasteiger partial charge in [0.25, 0.3) is 0 Å². The topological polar surface area (TPSA) is 87.6 Å². The Balaban J connectivity index is 1.97. The molecule has 6 nitrogen and oxygen atoms in total. The summed E-state index contributed by atoms with van der Waals surface area (Å²) in [6.45, 7) is 3.91. The highest BCUT2D eigenvalue weighted by atomic mass is 16.3. The molecule has 0 atom stereocenters. The molecule has 0 unspecified atom stereocenters. The number of piperidine rings is 1. The zero-order valence-electron chi connectivity index (χ0n) is 13.2. The maximum absolute atomic E-state index is 9.44. The summed E-state index contributed by atoms with van der Waals surface area (Å²) in [6, 6.07) is 8.72. The van der Waals surface area contributed by atoms with Gasteiger partial charge in [0, 0.05) is 24.7 Å². The van der Waals surface area contributed by atoms with Crippen LogP contribution in [0.25, 0.3) is 0 Å². The fourth-order valence-corrected chi connectivity index (χ4v) is 2.87. The third-order valence-electron chi connectivity index (χ3n) is 4.02. The number of hydrogen-bond acceptors (Lipinski definition) is 6. The monoisotopic (exact) mass is 311 g/mol. The summed E-state index contributed by atoms with van der Waals surface area (Å²) in [6.07, 6.45) is 3.65. The number of nitrogens with two attached hydrogens (primary N) is 1. The van der Waals surface area contributed by atoms with Crippen LogP contribution >= 0.6 is 0 Å². The zero-order valence-corrected chi connectivity index (χ0v) is 13.2. The van der Waals surface area contributed by atoms with Gasteiger partial charge < -0.3 is 15.8 Å². The molecular weight excluding hydrogens is 290 g/mol. The number of aromatic nitrogens is 2. The summed E-state index contributed by atoms with van der Waals surface area (Å²) in [5.41, 5.74) is 2.10. The molecule has 1 fully saturated rings. The molecule has 120 valence electrons. The van der Waals surface area contributed by atoms with E-state index in [1.54, 1.807) is 24.3 Å². The van der Waals surface area contributed by atoms with Gasteiger partial charge in [0.15, 0.2) is 0 Å². The number of hydrazone groups is 1. The maximum atomic E-state index is 9.44. The van der Waals surface area contributed by atoms with E-state index in [1.165, 1.54) is 19.3 Å². The molecule has 0 aliphatic carbocycles.